The molecule has 1 unspecified atom stereocenters. The molecule has 1 aromatic heterocycles. The fourth-order valence-electron chi connectivity index (χ4n) is 1.37. The molecule has 1 aliphatic carbocycles. The Balaban J connectivity index is 1.98. The number of aromatic nitrogens is 2. The van der Waals surface area contributed by atoms with Gasteiger partial charge in [-0.3, -0.25) is 4.79 Å². The summed E-state index contributed by atoms with van der Waals surface area (Å²) in [5, 5.41) is 18.6. The summed E-state index contributed by atoms with van der Waals surface area (Å²) >= 11 is 3.16. The Labute approximate surface area is 95.0 Å². The molecule has 5 nitrogen and oxygen atoms in total. The fourth-order valence-corrected chi connectivity index (χ4v) is 1.70. The number of rotatable bonds is 4. The fraction of sp³-hybridized carbons (Fsp3) is 0.556. The monoisotopic (exact) mass is 273 g/mol. The largest absolute Gasteiger partial charge is 0.391 e. The molecule has 0 aliphatic heterocycles. The van der Waals surface area contributed by atoms with E-state index in [-0.39, 0.29) is 11.7 Å². The van der Waals surface area contributed by atoms with E-state index in [9.17, 15) is 9.90 Å². The highest BCUT2D eigenvalue weighted by Gasteiger charge is 2.29. The lowest BCUT2D eigenvalue weighted by atomic mass is 10.2. The molecule has 82 valence electrons. The van der Waals surface area contributed by atoms with Crippen LogP contribution in [0.15, 0.2) is 15.5 Å². The first kappa shape index (κ1) is 10.6. The van der Waals surface area contributed by atoms with Crippen LogP contribution in [-0.2, 0) is 0 Å². The van der Waals surface area contributed by atoms with Crippen molar-refractivity contribution in [3.8, 4) is 0 Å². The molecule has 1 heterocycles. The highest BCUT2D eigenvalue weighted by molar-refractivity contribution is 9.10. The molecule has 1 atom stereocenters. The first-order valence-electron chi connectivity index (χ1n) is 4.83. The molecule has 0 radical (unpaired) electrons. The number of anilines is 1. The minimum atomic E-state index is -0.337. The molecule has 1 fully saturated rings. The minimum Gasteiger partial charge on any atom is -0.391 e. The molecule has 1 aromatic rings. The van der Waals surface area contributed by atoms with Gasteiger partial charge in [0.25, 0.3) is 5.56 Å². The van der Waals surface area contributed by atoms with Gasteiger partial charge in [0.15, 0.2) is 0 Å². The van der Waals surface area contributed by atoms with Crippen molar-refractivity contribution >= 4 is 21.6 Å². The molecular weight excluding hydrogens is 262 g/mol. The van der Waals surface area contributed by atoms with Gasteiger partial charge in [-0.1, -0.05) is 0 Å². The molecule has 3 N–H and O–H groups in total. The Bertz CT molecular complexity index is 403. The predicted octanol–water partition coefficient (Wildman–Crippen LogP) is 0.715. The van der Waals surface area contributed by atoms with E-state index in [1.54, 1.807) is 0 Å². The molecule has 1 aliphatic rings. The van der Waals surface area contributed by atoms with Crippen molar-refractivity contribution in [2.45, 2.75) is 18.9 Å². The van der Waals surface area contributed by atoms with Gasteiger partial charge >= 0.3 is 0 Å². The number of hydrogen-bond donors (Lipinski definition) is 3. The van der Waals surface area contributed by atoms with Crippen LogP contribution in [0.1, 0.15) is 12.8 Å². The summed E-state index contributed by atoms with van der Waals surface area (Å²) in [6.07, 6.45) is 3.37. The van der Waals surface area contributed by atoms with Crippen LogP contribution in [0, 0.1) is 5.92 Å². The van der Waals surface area contributed by atoms with Crippen molar-refractivity contribution in [1.29, 1.82) is 0 Å². The summed E-state index contributed by atoms with van der Waals surface area (Å²) in [5.74, 6) is 0.422. The van der Waals surface area contributed by atoms with Gasteiger partial charge in [-0.25, -0.2) is 5.10 Å². The third-order valence-corrected chi connectivity index (χ3v) is 3.25. The zero-order valence-corrected chi connectivity index (χ0v) is 9.62. The van der Waals surface area contributed by atoms with E-state index in [0.717, 1.165) is 12.8 Å². The number of nitrogens with one attached hydrogen (secondary N) is 2. The van der Waals surface area contributed by atoms with Crippen LogP contribution in [0.3, 0.4) is 0 Å². The first-order chi connectivity index (χ1) is 7.18. The quantitative estimate of drug-likeness (QED) is 0.755. The Hall–Kier alpha value is -0.880. The van der Waals surface area contributed by atoms with E-state index in [4.69, 9.17) is 0 Å². The third-order valence-electron chi connectivity index (χ3n) is 2.46. The maximum Gasteiger partial charge on any atom is 0.280 e. The van der Waals surface area contributed by atoms with Gasteiger partial charge in [-0.15, -0.1) is 0 Å². The number of halogens is 1. The molecule has 0 bridgehead atoms. The number of aliphatic hydroxyl groups is 1. The van der Waals surface area contributed by atoms with Gasteiger partial charge in [-0.2, -0.15) is 5.10 Å². The average Bonchev–Trinajstić information content (AvgIpc) is 3.03. The Morgan fingerprint density at radius 3 is 3.13 bits per heavy atom. The van der Waals surface area contributed by atoms with Crippen LogP contribution < -0.4 is 10.9 Å². The van der Waals surface area contributed by atoms with Crippen molar-refractivity contribution < 1.29 is 5.11 Å². The van der Waals surface area contributed by atoms with Crippen molar-refractivity contribution in [1.82, 2.24) is 10.2 Å². The number of hydrogen-bond acceptors (Lipinski definition) is 4. The lowest BCUT2D eigenvalue weighted by Crippen LogP contribution is -2.23. The van der Waals surface area contributed by atoms with E-state index in [1.807, 2.05) is 0 Å². The summed E-state index contributed by atoms with van der Waals surface area (Å²) in [6.45, 7) is 0.453. The Kier molecular flexibility index (Phi) is 3.06. The highest BCUT2D eigenvalue weighted by atomic mass is 79.9. The summed E-state index contributed by atoms with van der Waals surface area (Å²) < 4.78 is 0.417. The normalized spacial score (nSPS) is 17.5. The Morgan fingerprint density at radius 1 is 1.73 bits per heavy atom. The standard InChI is InChI=1S/C9H12BrN3O2/c10-8-6(3-12-13-9(8)15)11-4-7(14)5-1-2-5/h3,5,7,14H,1-2,4H2,(H2,11,13,15). The molecule has 6 heteroatoms. The van der Waals surface area contributed by atoms with E-state index >= 15 is 0 Å². The topological polar surface area (TPSA) is 78.0 Å². The highest BCUT2D eigenvalue weighted by Crippen LogP contribution is 2.32. The average molecular weight is 274 g/mol. The van der Waals surface area contributed by atoms with Gasteiger partial charge in [0, 0.05) is 6.54 Å². The van der Waals surface area contributed by atoms with E-state index in [1.165, 1.54) is 6.20 Å². The van der Waals surface area contributed by atoms with Crippen LogP contribution in [-0.4, -0.2) is 28.0 Å². The first-order valence-corrected chi connectivity index (χ1v) is 5.63. The molecule has 1 saturated carbocycles. The van der Waals surface area contributed by atoms with Crippen molar-refractivity contribution in [2.24, 2.45) is 5.92 Å². The summed E-state index contributed by atoms with van der Waals surface area (Å²) in [7, 11) is 0. The second-order valence-electron chi connectivity index (χ2n) is 3.71. The molecule has 0 amide bonds. The summed E-state index contributed by atoms with van der Waals surface area (Å²) in [4.78, 5) is 11.2. The lowest BCUT2D eigenvalue weighted by Gasteiger charge is -2.11. The number of aliphatic hydroxyl groups excluding tert-OH is 1. The second-order valence-corrected chi connectivity index (χ2v) is 4.51. The van der Waals surface area contributed by atoms with E-state index < -0.39 is 0 Å². The summed E-state index contributed by atoms with van der Waals surface area (Å²) in [6, 6.07) is 0. The molecular formula is C9H12BrN3O2. The summed E-state index contributed by atoms with van der Waals surface area (Å²) in [5.41, 5.74) is 0.333. The van der Waals surface area contributed by atoms with Gasteiger partial charge < -0.3 is 10.4 Å². The zero-order chi connectivity index (χ0) is 10.8. The van der Waals surface area contributed by atoms with Crippen molar-refractivity contribution in [2.75, 3.05) is 11.9 Å². The smallest absolute Gasteiger partial charge is 0.280 e. The number of aromatic amines is 1. The van der Waals surface area contributed by atoms with Gasteiger partial charge in [0.2, 0.25) is 0 Å². The van der Waals surface area contributed by atoms with Gasteiger partial charge in [0.1, 0.15) is 4.47 Å². The van der Waals surface area contributed by atoms with E-state index in [2.05, 4.69) is 31.4 Å². The molecule has 0 aromatic carbocycles. The van der Waals surface area contributed by atoms with Crippen LogP contribution in [0.5, 0.6) is 0 Å². The van der Waals surface area contributed by atoms with Crippen LogP contribution in [0.4, 0.5) is 5.69 Å². The van der Waals surface area contributed by atoms with Crippen molar-refractivity contribution in [3.63, 3.8) is 0 Å². The SMILES string of the molecule is O=c1[nH]ncc(NCC(O)C2CC2)c1Br. The molecule has 15 heavy (non-hydrogen) atoms. The zero-order valence-electron chi connectivity index (χ0n) is 8.03. The number of nitrogens with zero attached hydrogens (tertiary/aromatic N) is 1. The van der Waals surface area contributed by atoms with Crippen LogP contribution in [0.25, 0.3) is 0 Å². The maximum atomic E-state index is 11.2. The van der Waals surface area contributed by atoms with Gasteiger partial charge in [-0.05, 0) is 34.7 Å². The van der Waals surface area contributed by atoms with Crippen LogP contribution >= 0.6 is 15.9 Å². The maximum absolute atomic E-state index is 11.2. The van der Waals surface area contributed by atoms with E-state index in [0.29, 0.717) is 22.6 Å². The molecule has 2 rings (SSSR count). The van der Waals surface area contributed by atoms with Gasteiger partial charge in [0.05, 0.1) is 18.0 Å². The predicted molar refractivity (Wildman–Crippen MR) is 59.8 cm³/mol. The van der Waals surface area contributed by atoms with Crippen LogP contribution in [0.2, 0.25) is 0 Å². The minimum absolute atomic E-state index is 0.277. The molecule has 0 saturated heterocycles. The Morgan fingerprint density at radius 2 is 2.47 bits per heavy atom. The number of H-pyrrole nitrogens is 1. The lowest BCUT2D eigenvalue weighted by molar-refractivity contribution is 0.164. The van der Waals surface area contributed by atoms with Crippen molar-refractivity contribution in [3.05, 3.63) is 21.0 Å². The molecule has 0 spiro atoms. The third kappa shape index (κ3) is 2.57. The second kappa shape index (κ2) is 4.32.